The molecule has 3 N–H and O–H groups in total. The quantitative estimate of drug-likeness (QED) is 0.775. The Morgan fingerprint density at radius 3 is 2.85 bits per heavy atom. The Bertz CT molecular complexity index is 504. The van der Waals surface area contributed by atoms with Crippen molar-refractivity contribution in [3.63, 3.8) is 0 Å². The monoisotopic (exact) mass is 276 g/mol. The number of fused-ring (bicyclic) bond motifs is 1. The number of carbonyl (C=O) groups excluding carboxylic acids is 1. The second kappa shape index (κ2) is 5.81. The van der Waals surface area contributed by atoms with Crippen molar-refractivity contribution in [1.82, 2.24) is 5.32 Å². The summed E-state index contributed by atoms with van der Waals surface area (Å²) in [4.78, 5) is 12.0. The van der Waals surface area contributed by atoms with E-state index < -0.39 is 6.10 Å². The van der Waals surface area contributed by atoms with Gasteiger partial charge in [0.25, 0.3) is 0 Å². The standard InChI is InChI=1S/C15H20N2O3/c18-14-4-2-1-3-13(14)17-15(19)16-12-6-5-10-8-20-9-11(10)7-12/h5-7,13-14,18H,1-4,8-9H2,(H2,16,17,19). The molecular formula is C15H20N2O3. The third-order valence-corrected chi connectivity index (χ3v) is 4.03. The third kappa shape index (κ3) is 2.94. The highest BCUT2D eigenvalue weighted by Crippen LogP contribution is 2.23. The van der Waals surface area contributed by atoms with Crippen molar-refractivity contribution in [2.45, 2.75) is 51.0 Å². The van der Waals surface area contributed by atoms with E-state index in [-0.39, 0.29) is 12.1 Å². The van der Waals surface area contributed by atoms with Crippen molar-refractivity contribution >= 4 is 11.7 Å². The van der Waals surface area contributed by atoms with Gasteiger partial charge in [0.2, 0.25) is 0 Å². The molecule has 5 heteroatoms. The number of urea groups is 1. The Kier molecular flexibility index (Phi) is 3.89. The average Bonchev–Trinajstić information content (AvgIpc) is 2.89. The van der Waals surface area contributed by atoms with Gasteiger partial charge in [-0.3, -0.25) is 0 Å². The molecule has 2 amide bonds. The highest BCUT2D eigenvalue weighted by Gasteiger charge is 2.24. The molecule has 0 saturated heterocycles. The van der Waals surface area contributed by atoms with Gasteiger partial charge in [0.15, 0.2) is 0 Å². The number of aliphatic hydroxyl groups is 1. The number of ether oxygens (including phenoxy) is 1. The minimum Gasteiger partial charge on any atom is -0.391 e. The van der Waals surface area contributed by atoms with Gasteiger partial charge < -0.3 is 20.5 Å². The van der Waals surface area contributed by atoms with Gasteiger partial charge in [-0.05, 0) is 36.1 Å². The van der Waals surface area contributed by atoms with Crippen LogP contribution in [0.15, 0.2) is 18.2 Å². The summed E-state index contributed by atoms with van der Waals surface area (Å²) in [5.41, 5.74) is 3.07. The van der Waals surface area contributed by atoms with Gasteiger partial charge in [-0.1, -0.05) is 18.9 Å². The maximum Gasteiger partial charge on any atom is 0.319 e. The van der Waals surface area contributed by atoms with Crippen LogP contribution in [0.3, 0.4) is 0 Å². The van der Waals surface area contributed by atoms with Crippen LogP contribution in [0.2, 0.25) is 0 Å². The van der Waals surface area contributed by atoms with Crippen LogP contribution in [0.1, 0.15) is 36.8 Å². The molecule has 1 aliphatic heterocycles. The largest absolute Gasteiger partial charge is 0.391 e. The number of carbonyl (C=O) groups is 1. The summed E-state index contributed by atoms with van der Waals surface area (Å²) in [5.74, 6) is 0. The van der Waals surface area contributed by atoms with Gasteiger partial charge >= 0.3 is 6.03 Å². The molecule has 1 fully saturated rings. The van der Waals surface area contributed by atoms with Crippen molar-refractivity contribution in [2.75, 3.05) is 5.32 Å². The molecule has 1 aromatic carbocycles. The van der Waals surface area contributed by atoms with E-state index in [1.54, 1.807) is 0 Å². The Morgan fingerprint density at radius 1 is 1.20 bits per heavy atom. The zero-order valence-electron chi connectivity index (χ0n) is 11.4. The van der Waals surface area contributed by atoms with Crippen LogP contribution in [0, 0.1) is 0 Å². The molecule has 2 aliphatic rings. The lowest BCUT2D eigenvalue weighted by molar-refractivity contribution is 0.0955. The van der Waals surface area contributed by atoms with E-state index in [1.807, 2.05) is 18.2 Å². The number of hydrogen-bond acceptors (Lipinski definition) is 3. The van der Waals surface area contributed by atoms with E-state index >= 15 is 0 Å². The smallest absolute Gasteiger partial charge is 0.319 e. The van der Waals surface area contributed by atoms with Crippen molar-refractivity contribution in [3.05, 3.63) is 29.3 Å². The molecule has 0 aromatic heterocycles. The van der Waals surface area contributed by atoms with E-state index in [1.165, 1.54) is 5.56 Å². The first kappa shape index (κ1) is 13.4. The van der Waals surface area contributed by atoms with Crippen LogP contribution in [-0.2, 0) is 18.0 Å². The summed E-state index contributed by atoms with van der Waals surface area (Å²) in [6, 6.07) is 5.41. The lowest BCUT2D eigenvalue weighted by Gasteiger charge is -2.28. The Morgan fingerprint density at radius 2 is 2.00 bits per heavy atom. The molecule has 1 saturated carbocycles. The van der Waals surface area contributed by atoms with Crippen molar-refractivity contribution in [1.29, 1.82) is 0 Å². The first-order valence-electron chi connectivity index (χ1n) is 7.17. The van der Waals surface area contributed by atoms with Crippen LogP contribution in [0.5, 0.6) is 0 Å². The van der Waals surface area contributed by atoms with Gasteiger partial charge in [-0.25, -0.2) is 4.79 Å². The Balaban J connectivity index is 1.58. The SMILES string of the molecule is O=C(Nc1ccc2c(c1)COC2)NC1CCCCC1O. The number of rotatable bonds is 2. The molecule has 5 nitrogen and oxygen atoms in total. The number of anilines is 1. The van der Waals surface area contributed by atoms with Gasteiger partial charge in [0.05, 0.1) is 25.4 Å². The summed E-state index contributed by atoms with van der Waals surface area (Å²) >= 11 is 0. The summed E-state index contributed by atoms with van der Waals surface area (Å²) in [5, 5.41) is 15.5. The van der Waals surface area contributed by atoms with Crippen LogP contribution >= 0.6 is 0 Å². The number of hydrogen-bond donors (Lipinski definition) is 3. The van der Waals surface area contributed by atoms with Crippen molar-refractivity contribution in [2.24, 2.45) is 0 Å². The molecular weight excluding hydrogens is 256 g/mol. The summed E-state index contributed by atoms with van der Waals surface area (Å²) in [7, 11) is 0. The van der Waals surface area contributed by atoms with Gasteiger partial charge in [-0.2, -0.15) is 0 Å². The maximum atomic E-state index is 12.0. The predicted molar refractivity (Wildman–Crippen MR) is 75.4 cm³/mol. The fourth-order valence-electron chi connectivity index (χ4n) is 2.87. The van der Waals surface area contributed by atoms with Crippen LogP contribution in [0.4, 0.5) is 10.5 Å². The number of benzene rings is 1. The third-order valence-electron chi connectivity index (χ3n) is 4.03. The van der Waals surface area contributed by atoms with E-state index in [9.17, 15) is 9.90 Å². The van der Waals surface area contributed by atoms with Gasteiger partial charge in [0, 0.05) is 5.69 Å². The lowest BCUT2D eigenvalue weighted by Crippen LogP contribution is -2.46. The van der Waals surface area contributed by atoms with Crippen LogP contribution in [-0.4, -0.2) is 23.3 Å². The first-order chi connectivity index (χ1) is 9.72. The minimum absolute atomic E-state index is 0.137. The molecule has 2 unspecified atom stereocenters. The van der Waals surface area contributed by atoms with Crippen molar-refractivity contribution in [3.8, 4) is 0 Å². The zero-order chi connectivity index (χ0) is 13.9. The van der Waals surface area contributed by atoms with E-state index in [0.29, 0.717) is 13.2 Å². The molecule has 20 heavy (non-hydrogen) atoms. The molecule has 0 bridgehead atoms. The predicted octanol–water partition coefficient (Wildman–Crippen LogP) is 2.14. The van der Waals surface area contributed by atoms with Crippen LogP contribution < -0.4 is 10.6 Å². The Hall–Kier alpha value is -1.59. The average molecular weight is 276 g/mol. The van der Waals surface area contributed by atoms with E-state index in [0.717, 1.165) is 36.9 Å². The Labute approximate surface area is 118 Å². The van der Waals surface area contributed by atoms with Crippen LogP contribution in [0.25, 0.3) is 0 Å². The number of aliphatic hydroxyl groups excluding tert-OH is 1. The summed E-state index contributed by atoms with van der Waals surface area (Å²) in [6.45, 7) is 1.25. The van der Waals surface area contributed by atoms with E-state index in [2.05, 4.69) is 10.6 Å². The molecule has 1 aliphatic carbocycles. The van der Waals surface area contributed by atoms with E-state index in [4.69, 9.17) is 4.74 Å². The highest BCUT2D eigenvalue weighted by atomic mass is 16.5. The minimum atomic E-state index is -0.428. The summed E-state index contributed by atoms with van der Waals surface area (Å²) in [6.07, 6.45) is 3.26. The second-order valence-corrected chi connectivity index (χ2v) is 5.53. The molecule has 3 rings (SSSR count). The molecule has 1 aromatic rings. The maximum absolute atomic E-state index is 12.0. The normalized spacial score (nSPS) is 25.1. The topological polar surface area (TPSA) is 70.6 Å². The first-order valence-corrected chi connectivity index (χ1v) is 7.17. The fraction of sp³-hybridized carbons (Fsp3) is 0.533. The molecule has 1 heterocycles. The van der Waals surface area contributed by atoms with Crippen molar-refractivity contribution < 1.29 is 14.6 Å². The number of nitrogens with one attached hydrogen (secondary N) is 2. The fourth-order valence-corrected chi connectivity index (χ4v) is 2.87. The molecule has 0 spiro atoms. The van der Waals surface area contributed by atoms with Gasteiger partial charge in [-0.15, -0.1) is 0 Å². The highest BCUT2D eigenvalue weighted by molar-refractivity contribution is 5.89. The molecule has 108 valence electrons. The second-order valence-electron chi connectivity index (χ2n) is 5.53. The van der Waals surface area contributed by atoms with Gasteiger partial charge in [0.1, 0.15) is 0 Å². The lowest BCUT2D eigenvalue weighted by atomic mass is 9.93. The summed E-state index contributed by atoms with van der Waals surface area (Å²) < 4.78 is 5.35. The molecule has 2 atom stereocenters. The zero-order valence-corrected chi connectivity index (χ0v) is 11.4. The molecule has 0 radical (unpaired) electrons. The number of amides is 2.